The highest BCUT2D eigenvalue weighted by Crippen LogP contribution is 2.25. The number of carboxylic acids is 1. The molecule has 1 aromatic carbocycles. The number of aromatic carboxylic acids is 1. The van der Waals surface area contributed by atoms with Gasteiger partial charge in [-0.1, -0.05) is 19.9 Å². The Balaban J connectivity index is 2.60. The summed E-state index contributed by atoms with van der Waals surface area (Å²) in [6.45, 7) is 6.43. The minimum absolute atomic E-state index is 0.193. The molecule has 2 rings (SSSR count). The highest BCUT2D eigenvalue weighted by Gasteiger charge is 2.18. The maximum Gasteiger partial charge on any atom is 0.337 e. The molecule has 0 spiro atoms. The van der Waals surface area contributed by atoms with Crippen molar-refractivity contribution in [3.63, 3.8) is 0 Å². The second-order valence-electron chi connectivity index (χ2n) is 5.39. The first kappa shape index (κ1) is 14.5. The molecule has 1 unspecified atom stereocenters. The Morgan fingerprint density at radius 2 is 2.05 bits per heavy atom. The molecule has 0 saturated carbocycles. The summed E-state index contributed by atoms with van der Waals surface area (Å²) < 4.78 is 2.01. The van der Waals surface area contributed by atoms with Crippen molar-refractivity contribution in [2.45, 2.75) is 45.8 Å². The van der Waals surface area contributed by atoms with Gasteiger partial charge in [-0.3, -0.25) is 0 Å². The minimum atomic E-state index is -0.967. The summed E-state index contributed by atoms with van der Waals surface area (Å²) in [5, 5.41) is 18.7. The van der Waals surface area contributed by atoms with Gasteiger partial charge in [0.1, 0.15) is 11.3 Å². The number of rotatable bonds is 5. The minimum Gasteiger partial charge on any atom is -0.478 e. The summed E-state index contributed by atoms with van der Waals surface area (Å²) in [6, 6.07) is 5.18. The molecule has 5 nitrogen and oxygen atoms in total. The van der Waals surface area contributed by atoms with E-state index in [2.05, 4.69) is 4.98 Å². The lowest BCUT2D eigenvalue weighted by Gasteiger charge is -2.12. The number of benzene rings is 1. The smallest absolute Gasteiger partial charge is 0.337 e. The molecule has 0 amide bonds. The molecule has 20 heavy (non-hydrogen) atoms. The van der Waals surface area contributed by atoms with Crippen LogP contribution in [0.5, 0.6) is 0 Å². The van der Waals surface area contributed by atoms with Gasteiger partial charge in [0, 0.05) is 12.5 Å². The predicted octanol–water partition coefficient (Wildman–Crippen LogP) is 2.63. The lowest BCUT2D eigenvalue weighted by molar-refractivity contribution is 0.0699. The summed E-state index contributed by atoms with van der Waals surface area (Å²) in [6.07, 6.45) is 0.220. The average molecular weight is 276 g/mol. The number of aromatic nitrogens is 2. The molecule has 108 valence electrons. The van der Waals surface area contributed by atoms with Gasteiger partial charge >= 0.3 is 5.97 Å². The quantitative estimate of drug-likeness (QED) is 0.880. The standard InChI is InChI=1S/C15H20N2O3/c1-9(2)14-16-13-11(15(19)20)5-4-6-12(13)17(14)8-7-10(3)18/h4-6,9-10,18H,7-8H2,1-3H3,(H,19,20). The highest BCUT2D eigenvalue weighted by molar-refractivity contribution is 6.01. The average Bonchev–Trinajstić information content (AvgIpc) is 2.74. The predicted molar refractivity (Wildman–Crippen MR) is 77.1 cm³/mol. The number of hydrogen-bond donors (Lipinski definition) is 2. The van der Waals surface area contributed by atoms with E-state index in [9.17, 15) is 15.0 Å². The molecule has 0 aliphatic heterocycles. The monoisotopic (exact) mass is 276 g/mol. The maximum absolute atomic E-state index is 11.3. The summed E-state index contributed by atoms with van der Waals surface area (Å²) >= 11 is 0. The van der Waals surface area contributed by atoms with Crippen LogP contribution in [0.2, 0.25) is 0 Å². The Bertz CT molecular complexity index is 629. The largest absolute Gasteiger partial charge is 0.478 e. The van der Waals surface area contributed by atoms with Gasteiger partial charge in [-0.05, 0) is 25.5 Å². The van der Waals surface area contributed by atoms with Gasteiger partial charge in [-0.15, -0.1) is 0 Å². The number of imidazole rings is 1. The number of aliphatic hydroxyl groups is 1. The molecule has 0 saturated heterocycles. The fraction of sp³-hybridized carbons (Fsp3) is 0.467. The SMILES string of the molecule is CC(O)CCn1c(C(C)C)nc2c(C(=O)O)cccc21. The molecule has 5 heteroatoms. The van der Waals surface area contributed by atoms with E-state index in [4.69, 9.17) is 0 Å². The van der Waals surface area contributed by atoms with E-state index in [-0.39, 0.29) is 11.5 Å². The van der Waals surface area contributed by atoms with E-state index in [1.807, 2.05) is 24.5 Å². The van der Waals surface area contributed by atoms with Crippen LogP contribution >= 0.6 is 0 Å². The Kier molecular flexibility index (Phi) is 4.09. The summed E-state index contributed by atoms with van der Waals surface area (Å²) in [4.78, 5) is 15.8. The van der Waals surface area contributed by atoms with E-state index < -0.39 is 12.1 Å². The number of aliphatic hydroxyl groups excluding tert-OH is 1. The van der Waals surface area contributed by atoms with Crippen molar-refractivity contribution < 1.29 is 15.0 Å². The van der Waals surface area contributed by atoms with Crippen LogP contribution in [0, 0.1) is 0 Å². The Morgan fingerprint density at radius 1 is 1.35 bits per heavy atom. The van der Waals surface area contributed by atoms with E-state index >= 15 is 0 Å². The Labute approximate surface area is 117 Å². The van der Waals surface area contributed by atoms with Crippen LogP contribution in [0.15, 0.2) is 18.2 Å². The van der Waals surface area contributed by atoms with Crippen molar-refractivity contribution in [3.05, 3.63) is 29.6 Å². The van der Waals surface area contributed by atoms with Crippen molar-refractivity contribution in [2.24, 2.45) is 0 Å². The van der Waals surface area contributed by atoms with Gasteiger partial charge in [0.15, 0.2) is 0 Å². The molecule has 0 aliphatic rings. The molecule has 1 atom stereocenters. The Hall–Kier alpha value is -1.88. The molecule has 2 aromatic rings. The summed E-state index contributed by atoms with van der Waals surface area (Å²) in [7, 11) is 0. The first-order valence-corrected chi connectivity index (χ1v) is 6.82. The zero-order valence-corrected chi connectivity index (χ0v) is 12.0. The third-order valence-electron chi connectivity index (χ3n) is 3.33. The molecule has 0 bridgehead atoms. The van der Waals surface area contributed by atoms with Gasteiger partial charge in [-0.2, -0.15) is 0 Å². The lowest BCUT2D eigenvalue weighted by atomic mass is 10.2. The number of para-hydroxylation sites is 1. The van der Waals surface area contributed by atoms with Crippen molar-refractivity contribution >= 4 is 17.0 Å². The third-order valence-corrected chi connectivity index (χ3v) is 3.33. The molecule has 1 heterocycles. The van der Waals surface area contributed by atoms with Crippen LogP contribution in [0.4, 0.5) is 0 Å². The highest BCUT2D eigenvalue weighted by atomic mass is 16.4. The first-order chi connectivity index (χ1) is 9.41. The van der Waals surface area contributed by atoms with Gasteiger partial charge in [0.2, 0.25) is 0 Å². The van der Waals surface area contributed by atoms with E-state index in [1.165, 1.54) is 0 Å². The second kappa shape index (κ2) is 5.63. The summed E-state index contributed by atoms with van der Waals surface area (Å²) in [5.74, 6) is 0.0819. The van der Waals surface area contributed by atoms with Crippen molar-refractivity contribution in [2.75, 3.05) is 0 Å². The number of aryl methyl sites for hydroxylation is 1. The van der Waals surface area contributed by atoms with Gasteiger partial charge in [0.25, 0.3) is 0 Å². The number of carboxylic acid groups (broad SMARTS) is 1. The van der Waals surface area contributed by atoms with Crippen molar-refractivity contribution in [1.29, 1.82) is 0 Å². The van der Waals surface area contributed by atoms with Crippen molar-refractivity contribution in [1.82, 2.24) is 9.55 Å². The lowest BCUT2D eigenvalue weighted by Crippen LogP contribution is -2.10. The molecular weight excluding hydrogens is 256 g/mol. The van der Waals surface area contributed by atoms with E-state index in [0.717, 1.165) is 11.3 Å². The number of nitrogens with zero attached hydrogens (tertiary/aromatic N) is 2. The molecule has 2 N–H and O–H groups in total. The van der Waals surface area contributed by atoms with E-state index in [0.29, 0.717) is 18.5 Å². The number of fused-ring (bicyclic) bond motifs is 1. The van der Waals surface area contributed by atoms with Gasteiger partial charge in [-0.25, -0.2) is 9.78 Å². The zero-order valence-electron chi connectivity index (χ0n) is 12.0. The Morgan fingerprint density at radius 3 is 2.60 bits per heavy atom. The first-order valence-electron chi connectivity index (χ1n) is 6.82. The van der Waals surface area contributed by atoms with Crippen LogP contribution in [0.1, 0.15) is 49.3 Å². The van der Waals surface area contributed by atoms with Crippen LogP contribution in [-0.4, -0.2) is 31.8 Å². The molecule has 0 radical (unpaired) electrons. The van der Waals surface area contributed by atoms with Crippen LogP contribution in [0.25, 0.3) is 11.0 Å². The summed E-state index contributed by atoms with van der Waals surface area (Å²) in [5.41, 5.74) is 1.56. The molecule has 0 fully saturated rings. The normalized spacial score (nSPS) is 13.1. The molecule has 1 aromatic heterocycles. The number of hydrogen-bond acceptors (Lipinski definition) is 3. The van der Waals surface area contributed by atoms with Crippen molar-refractivity contribution in [3.8, 4) is 0 Å². The van der Waals surface area contributed by atoms with E-state index in [1.54, 1.807) is 19.1 Å². The fourth-order valence-electron chi connectivity index (χ4n) is 2.33. The van der Waals surface area contributed by atoms with Crippen LogP contribution in [-0.2, 0) is 6.54 Å². The van der Waals surface area contributed by atoms with Gasteiger partial charge in [0.05, 0.1) is 17.2 Å². The van der Waals surface area contributed by atoms with Gasteiger partial charge < -0.3 is 14.8 Å². The topological polar surface area (TPSA) is 75.3 Å². The maximum atomic E-state index is 11.3. The third kappa shape index (κ3) is 2.67. The number of carbonyl (C=O) groups is 1. The second-order valence-corrected chi connectivity index (χ2v) is 5.39. The fourth-order valence-corrected chi connectivity index (χ4v) is 2.33. The van der Waals surface area contributed by atoms with Crippen LogP contribution in [0.3, 0.4) is 0 Å². The molecular formula is C15H20N2O3. The molecule has 0 aliphatic carbocycles. The van der Waals surface area contributed by atoms with Crippen LogP contribution < -0.4 is 0 Å². The zero-order chi connectivity index (χ0) is 14.9.